The number of nitrogens with one attached hydrogen (secondary N) is 1. The Morgan fingerprint density at radius 1 is 1.10 bits per heavy atom. The van der Waals surface area contributed by atoms with Crippen molar-refractivity contribution in [3.05, 3.63) is 35.9 Å². The van der Waals surface area contributed by atoms with Crippen molar-refractivity contribution in [2.75, 3.05) is 32.8 Å². The minimum atomic E-state index is 0.746. The topological polar surface area (TPSA) is 24.5 Å². The van der Waals surface area contributed by atoms with E-state index in [4.69, 9.17) is 4.74 Å². The largest absolute Gasteiger partial charge is 0.376 e. The molecule has 1 aromatic carbocycles. The van der Waals surface area contributed by atoms with Gasteiger partial charge in [0, 0.05) is 19.2 Å². The molecule has 0 aromatic heterocycles. The van der Waals surface area contributed by atoms with E-state index < -0.39 is 0 Å². The lowest BCUT2D eigenvalue weighted by molar-refractivity contribution is 0.0562. The quantitative estimate of drug-likeness (QED) is 0.871. The lowest BCUT2D eigenvalue weighted by atomic mass is 9.97. The average Bonchev–Trinajstić information content (AvgIpc) is 3.03. The molecule has 21 heavy (non-hydrogen) atoms. The molecule has 3 nitrogen and oxygen atoms in total. The lowest BCUT2D eigenvalue weighted by Crippen LogP contribution is -2.42. The molecule has 0 spiro atoms. The number of nitrogens with zero attached hydrogens (tertiary/aromatic N) is 1. The number of benzene rings is 1. The van der Waals surface area contributed by atoms with Crippen LogP contribution in [0.5, 0.6) is 0 Å². The van der Waals surface area contributed by atoms with E-state index in [9.17, 15) is 0 Å². The van der Waals surface area contributed by atoms with E-state index in [-0.39, 0.29) is 0 Å². The summed E-state index contributed by atoms with van der Waals surface area (Å²) in [6, 6.07) is 11.2. The molecule has 1 N–H and O–H groups in total. The molecule has 0 radical (unpaired) electrons. The number of rotatable bonds is 6. The normalized spacial score (nSPS) is 24.5. The van der Waals surface area contributed by atoms with Crippen molar-refractivity contribution in [1.29, 1.82) is 0 Å². The molecule has 2 saturated heterocycles. The second-order valence-corrected chi connectivity index (χ2v) is 6.54. The molecule has 2 aliphatic rings. The van der Waals surface area contributed by atoms with Crippen molar-refractivity contribution >= 4 is 0 Å². The van der Waals surface area contributed by atoms with Gasteiger partial charge in [0.1, 0.15) is 0 Å². The molecule has 0 unspecified atom stereocenters. The van der Waals surface area contributed by atoms with Gasteiger partial charge >= 0.3 is 0 Å². The summed E-state index contributed by atoms with van der Waals surface area (Å²) in [5, 5.41) is 3.60. The molecule has 0 amide bonds. The van der Waals surface area contributed by atoms with E-state index in [2.05, 4.69) is 40.5 Å². The van der Waals surface area contributed by atoms with Crippen LogP contribution in [0.15, 0.2) is 30.3 Å². The first-order valence-electron chi connectivity index (χ1n) is 8.47. The molecule has 3 heteroatoms. The predicted molar refractivity (Wildman–Crippen MR) is 86.3 cm³/mol. The third kappa shape index (κ3) is 4.80. The van der Waals surface area contributed by atoms with Crippen LogP contribution in [0.1, 0.15) is 31.2 Å². The molecule has 2 heterocycles. The van der Waals surface area contributed by atoms with Gasteiger partial charge in [0.25, 0.3) is 0 Å². The molecule has 1 atom stereocenters. The zero-order valence-corrected chi connectivity index (χ0v) is 13.0. The number of hydrogen-bond acceptors (Lipinski definition) is 3. The highest BCUT2D eigenvalue weighted by molar-refractivity contribution is 5.13. The van der Waals surface area contributed by atoms with Crippen molar-refractivity contribution in [2.24, 2.45) is 5.92 Å². The maximum Gasteiger partial charge on any atom is 0.0717 e. The Balaban J connectivity index is 1.30. The molecule has 116 valence electrons. The van der Waals surface area contributed by atoms with E-state index in [0.29, 0.717) is 0 Å². The molecule has 3 rings (SSSR count). The first kappa shape index (κ1) is 15.0. The number of hydrogen-bond donors (Lipinski definition) is 1. The van der Waals surface area contributed by atoms with Crippen LogP contribution >= 0.6 is 0 Å². The second-order valence-electron chi connectivity index (χ2n) is 6.54. The standard InChI is InChI=1S/C18H28N2O/c1-2-5-16(6-3-1)14-21-15-17-8-11-20(12-9-17)13-18-7-4-10-19-18/h1-3,5-6,17-19H,4,7-15H2/t18-/m0/s1. The van der Waals surface area contributed by atoms with Gasteiger partial charge in [-0.25, -0.2) is 0 Å². The van der Waals surface area contributed by atoms with E-state index >= 15 is 0 Å². The zero-order chi connectivity index (χ0) is 14.3. The van der Waals surface area contributed by atoms with Crippen molar-refractivity contribution in [3.63, 3.8) is 0 Å². The zero-order valence-electron chi connectivity index (χ0n) is 13.0. The van der Waals surface area contributed by atoms with Gasteiger partial charge in [0.05, 0.1) is 6.61 Å². The molecular weight excluding hydrogens is 260 g/mol. The van der Waals surface area contributed by atoms with Crippen LogP contribution in [-0.4, -0.2) is 43.7 Å². The van der Waals surface area contributed by atoms with Crippen LogP contribution in [-0.2, 0) is 11.3 Å². The highest BCUT2D eigenvalue weighted by Gasteiger charge is 2.23. The molecule has 1 aromatic rings. The van der Waals surface area contributed by atoms with E-state index in [1.807, 2.05) is 0 Å². The molecule has 2 aliphatic heterocycles. The van der Waals surface area contributed by atoms with Gasteiger partial charge in [-0.2, -0.15) is 0 Å². The molecular formula is C18H28N2O. The average molecular weight is 288 g/mol. The number of ether oxygens (including phenoxy) is 1. The highest BCUT2D eigenvalue weighted by atomic mass is 16.5. The maximum absolute atomic E-state index is 5.90. The Morgan fingerprint density at radius 3 is 2.62 bits per heavy atom. The summed E-state index contributed by atoms with van der Waals surface area (Å²) in [4.78, 5) is 2.64. The van der Waals surface area contributed by atoms with Crippen molar-refractivity contribution in [1.82, 2.24) is 10.2 Å². The first-order chi connectivity index (χ1) is 10.4. The monoisotopic (exact) mass is 288 g/mol. The summed E-state index contributed by atoms with van der Waals surface area (Å²) in [5.74, 6) is 0.751. The van der Waals surface area contributed by atoms with Crippen molar-refractivity contribution in [2.45, 2.75) is 38.3 Å². The van der Waals surface area contributed by atoms with Gasteiger partial charge in [-0.3, -0.25) is 0 Å². The Labute approximate surface area is 128 Å². The molecule has 2 fully saturated rings. The highest BCUT2D eigenvalue weighted by Crippen LogP contribution is 2.19. The Bertz CT molecular complexity index is 395. The van der Waals surface area contributed by atoms with Gasteiger partial charge in [-0.1, -0.05) is 30.3 Å². The van der Waals surface area contributed by atoms with E-state index in [0.717, 1.165) is 25.2 Å². The van der Waals surface area contributed by atoms with Crippen molar-refractivity contribution in [3.8, 4) is 0 Å². The first-order valence-corrected chi connectivity index (χ1v) is 8.47. The van der Waals surface area contributed by atoms with Crippen LogP contribution < -0.4 is 5.32 Å². The van der Waals surface area contributed by atoms with Gasteiger partial charge in [0.15, 0.2) is 0 Å². The third-order valence-electron chi connectivity index (χ3n) is 4.81. The summed E-state index contributed by atoms with van der Waals surface area (Å²) < 4.78 is 5.90. The predicted octanol–water partition coefficient (Wildman–Crippen LogP) is 2.67. The number of piperidine rings is 1. The van der Waals surface area contributed by atoms with Gasteiger partial charge in [0.2, 0.25) is 0 Å². The van der Waals surface area contributed by atoms with E-state index in [1.54, 1.807) is 0 Å². The summed E-state index contributed by atoms with van der Waals surface area (Å²) in [5.41, 5.74) is 1.28. The van der Waals surface area contributed by atoms with E-state index in [1.165, 1.54) is 57.4 Å². The smallest absolute Gasteiger partial charge is 0.0717 e. The summed E-state index contributed by atoms with van der Waals surface area (Å²) in [6.45, 7) is 6.64. The summed E-state index contributed by atoms with van der Waals surface area (Å²) in [7, 11) is 0. The Kier molecular flexibility index (Phi) is 5.67. The van der Waals surface area contributed by atoms with Crippen LogP contribution in [0.4, 0.5) is 0 Å². The molecule has 0 aliphatic carbocycles. The Morgan fingerprint density at radius 2 is 1.90 bits per heavy atom. The van der Waals surface area contributed by atoms with Crippen LogP contribution in [0.2, 0.25) is 0 Å². The van der Waals surface area contributed by atoms with Crippen LogP contribution in [0, 0.1) is 5.92 Å². The molecule has 0 saturated carbocycles. The maximum atomic E-state index is 5.90. The fourth-order valence-electron chi connectivity index (χ4n) is 3.48. The van der Waals surface area contributed by atoms with Crippen LogP contribution in [0.25, 0.3) is 0 Å². The third-order valence-corrected chi connectivity index (χ3v) is 4.81. The van der Waals surface area contributed by atoms with Crippen molar-refractivity contribution < 1.29 is 4.74 Å². The SMILES string of the molecule is c1ccc(COCC2CCN(C[C@@H]3CCCN3)CC2)cc1. The second kappa shape index (κ2) is 7.92. The Hall–Kier alpha value is -0.900. The summed E-state index contributed by atoms with van der Waals surface area (Å²) in [6.07, 6.45) is 5.30. The van der Waals surface area contributed by atoms with Crippen LogP contribution in [0.3, 0.4) is 0 Å². The van der Waals surface area contributed by atoms with Gasteiger partial charge in [-0.15, -0.1) is 0 Å². The fraction of sp³-hybridized carbons (Fsp3) is 0.667. The molecule has 0 bridgehead atoms. The van der Waals surface area contributed by atoms with Gasteiger partial charge in [-0.05, 0) is 56.8 Å². The minimum absolute atomic E-state index is 0.746. The summed E-state index contributed by atoms with van der Waals surface area (Å²) >= 11 is 0. The fourth-order valence-corrected chi connectivity index (χ4v) is 3.48. The number of likely N-dealkylation sites (tertiary alicyclic amines) is 1. The van der Waals surface area contributed by atoms with Gasteiger partial charge < -0.3 is 15.0 Å². The lowest BCUT2D eigenvalue weighted by Gasteiger charge is -2.33. The minimum Gasteiger partial charge on any atom is -0.376 e.